The summed E-state index contributed by atoms with van der Waals surface area (Å²) < 4.78 is 5.33. The zero-order valence-corrected chi connectivity index (χ0v) is 18.0. The Hall–Kier alpha value is -3.52. The molecule has 8 heteroatoms. The number of hydrogen-bond donors (Lipinski definition) is 3. The van der Waals surface area contributed by atoms with E-state index >= 15 is 0 Å². The van der Waals surface area contributed by atoms with Crippen LogP contribution in [0.3, 0.4) is 0 Å². The summed E-state index contributed by atoms with van der Waals surface area (Å²) in [6.07, 6.45) is 1.98. The van der Waals surface area contributed by atoms with Crippen LogP contribution in [0.25, 0.3) is 11.1 Å². The lowest BCUT2D eigenvalue weighted by atomic mass is 10.1. The summed E-state index contributed by atoms with van der Waals surface area (Å²) >= 11 is 1.54. The van der Waals surface area contributed by atoms with E-state index in [2.05, 4.69) is 20.9 Å². The maximum atomic E-state index is 12.5. The Morgan fingerprint density at radius 1 is 1.13 bits per heavy atom. The minimum atomic E-state index is -0.190. The number of benzene rings is 2. The number of amides is 2. The summed E-state index contributed by atoms with van der Waals surface area (Å²) in [5.41, 5.74) is 4.02. The number of anilines is 2. The van der Waals surface area contributed by atoms with E-state index in [1.54, 1.807) is 6.20 Å². The smallest absolute Gasteiger partial charge is 0.237 e. The molecule has 0 bridgehead atoms. The van der Waals surface area contributed by atoms with E-state index in [0.717, 1.165) is 27.3 Å². The summed E-state index contributed by atoms with van der Waals surface area (Å²) in [4.78, 5) is 29.3. The summed E-state index contributed by atoms with van der Waals surface area (Å²) in [7, 11) is 1.52. The van der Waals surface area contributed by atoms with Gasteiger partial charge in [-0.05, 0) is 29.3 Å². The Bertz CT molecular complexity index is 1120. The van der Waals surface area contributed by atoms with Gasteiger partial charge in [0.2, 0.25) is 17.7 Å². The molecule has 3 N–H and O–H groups in total. The fourth-order valence-corrected chi connectivity index (χ4v) is 4.42. The van der Waals surface area contributed by atoms with Crippen molar-refractivity contribution in [2.45, 2.75) is 23.7 Å². The molecule has 1 aliphatic heterocycles. The number of aromatic nitrogens is 1. The maximum Gasteiger partial charge on any atom is 0.237 e. The third-order valence-corrected chi connectivity index (χ3v) is 5.77. The van der Waals surface area contributed by atoms with Crippen LogP contribution in [0.2, 0.25) is 0 Å². The van der Waals surface area contributed by atoms with Crippen molar-refractivity contribution < 1.29 is 14.3 Å². The lowest BCUT2D eigenvalue weighted by molar-refractivity contribution is -0.119. The third-order valence-electron chi connectivity index (χ3n) is 4.71. The highest BCUT2D eigenvalue weighted by atomic mass is 32.2. The average Bonchev–Trinajstić information content (AvgIpc) is 3.15. The molecule has 1 unspecified atom stereocenters. The molecule has 7 nitrogen and oxygen atoms in total. The van der Waals surface area contributed by atoms with Crippen LogP contribution in [0.1, 0.15) is 12.5 Å². The van der Waals surface area contributed by atoms with Crippen molar-refractivity contribution in [3.8, 4) is 17.0 Å². The number of carbonyl (C=O) groups excluding carboxylic acids is 2. The number of methoxy groups -OCH3 is 1. The van der Waals surface area contributed by atoms with Gasteiger partial charge in [-0.15, -0.1) is 0 Å². The first-order chi connectivity index (χ1) is 15.0. The number of nitrogens with zero attached hydrogens (tertiary/aromatic N) is 1. The molecular weight excluding hydrogens is 412 g/mol. The fourth-order valence-electron chi connectivity index (χ4n) is 3.30. The second-order valence-electron chi connectivity index (χ2n) is 7.05. The van der Waals surface area contributed by atoms with Gasteiger partial charge in [0.05, 0.1) is 19.2 Å². The van der Waals surface area contributed by atoms with E-state index in [1.165, 1.54) is 25.8 Å². The van der Waals surface area contributed by atoms with E-state index in [1.807, 2.05) is 54.6 Å². The first-order valence-corrected chi connectivity index (χ1v) is 10.6. The number of rotatable bonds is 6. The first-order valence-electron chi connectivity index (χ1n) is 9.74. The number of carbonyl (C=O) groups is 2. The molecule has 1 aromatic heterocycles. The molecule has 1 atom stereocenters. The summed E-state index contributed by atoms with van der Waals surface area (Å²) in [5.74, 6) is 0.122. The molecule has 4 rings (SSSR count). The number of thioether (sulfide) groups is 1. The molecule has 0 aliphatic carbocycles. The zero-order chi connectivity index (χ0) is 21.8. The Morgan fingerprint density at radius 3 is 2.68 bits per heavy atom. The first kappa shape index (κ1) is 20.7. The molecular formula is C23H22N4O3S. The van der Waals surface area contributed by atoms with Crippen LogP contribution in [0.15, 0.2) is 65.7 Å². The van der Waals surface area contributed by atoms with Crippen LogP contribution in [0.5, 0.6) is 5.88 Å². The minimum absolute atomic E-state index is 0.0896. The van der Waals surface area contributed by atoms with Crippen molar-refractivity contribution in [3.05, 3.63) is 66.4 Å². The predicted molar refractivity (Wildman–Crippen MR) is 122 cm³/mol. The maximum absolute atomic E-state index is 12.5. The highest BCUT2D eigenvalue weighted by Crippen LogP contribution is 2.40. The van der Waals surface area contributed by atoms with Gasteiger partial charge in [0.1, 0.15) is 5.69 Å². The Kier molecular flexibility index (Phi) is 6.08. The van der Waals surface area contributed by atoms with Gasteiger partial charge in [0, 0.05) is 23.6 Å². The molecule has 0 saturated heterocycles. The summed E-state index contributed by atoms with van der Waals surface area (Å²) in [6, 6.07) is 17.4. The molecule has 2 amide bonds. The Morgan fingerprint density at radius 2 is 1.94 bits per heavy atom. The molecule has 0 saturated carbocycles. The summed E-state index contributed by atoms with van der Waals surface area (Å²) in [5, 5.41) is 9.02. The van der Waals surface area contributed by atoms with Crippen molar-refractivity contribution in [1.82, 2.24) is 10.3 Å². The largest absolute Gasteiger partial charge is 0.480 e. The number of hydrogen-bond acceptors (Lipinski definition) is 6. The SMILES string of the molecule is COc1ncc(-c2ccc3c(c2)SC(NC(C)=O)N3)cc1NC(=O)Cc1ccccc1. The van der Waals surface area contributed by atoms with Gasteiger partial charge in [-0.1, -0.05) is 48.2 Å². The molecule has 0 fully saturated rings. The molecule has 1 aliphatic rings. The van der Waals surface area contributed by atoms with Gasteiger partial charge in [0.25, 0.3) is 0 Å². The van der Waals surface area contributed by atoms with E-state index in [9.17, 15) is 9.59 Å². The molecule has 0 spiro atoms. The van der Waals surface area contributed by atoms with Crippen molar-refractivity contribution in [2.75, 3.05) is 17.7 Å². The lowest BCUT2D eigenvalue weighted by Gasteiger charge is -2.12. The number of pyridine rings is 1. The molecule has 2 aromatic carbocycles. The highest BCUT2D eigenvalue weighted by Gasteiger charge is 2.22. The van der Waals surface area contributed by atoms with Gasteiger partial charge in [0.15, 0.2) is 5.50 Å². The van der Waals surface area contributed by atoms with Crippen molar-refractivity contribution in [1.29, 1.82) is 0 Å². The zero-order valence-electron chi connectivity index (χ0n) is 17.1. The highest BCUT2D eigenvalue weighted by molar-refractivity contribution is 8.00. The van der Waals surface area contributed by atoms with Crippen LogP contribution >= 0.6 is 11.8 Å². The molecule has 0 radical (unpaired) electrons. The number of nitrogens with one attached hydrogen (secondary N) is 3. The topological polar surface area (TPSA) is 92.3 Å². The Labute approximate surface area is 184 Å². The summed E-state index contributed by atoms with van der Waals surface area (Å²) in [6.45, 7) is 1.49. The lowest BCUT2D eigenvalue weighted by Crippen LogP contribution is -2.33. The fraction of sp³-hybridized carbons (Fsp3) is 0.174. The van der Waals surface area contributed by atoms with E-state index < -0.39 is 0 Å². The molecule has 31 heavy (non-hydrogen) atoms. The van der Waals surface area contributed by atoms with Crippen LogP contribution in [-0.4, -0.2) is 29.4 Å². The van der Waals surface area contributed by atoms with Crippen LogP contribution in [0, 0.1) is 0 Å². The van der Waals surface area contributed by atoms with E-state index in [0.29, 0.717) is 11.6 Å². The second-order valence-corrected chi connectivity index (χ2v) is 8.19. The third kappa shape index (κ3) is 4.97. The second kappa shape index (κ2) is 9.09. The molecule has 158 valence electrons. The van der Waals surface area contributed by atoms with Crippen molar-refractivity contribution in [2.24, 2.45) is 0 Å². The monoisotopic (exact) mass is 434 g/mol. The minimum Gasteiger partial charge on any atom is -0.480 e. The van der Waals surface area contributed by atoms with Gasteiger partial charge >= 0.3 is 0 Å². The van der Waals surface area contributed by atoms with Crippen LogP contribution in [-0.2, 0) is 16.0 Å². The van der Waals surface area contributed by atoms with Crippen LogP contribution < -0.4 is 20.7 Å². The van der Waals surface area contributed by atoms with Crippen molar-refractivity contribution in [3.63, 3.8) is 0 Å². The van der Waals surface area contributed by atoms with E-state index in [4.69, 9.17) is 4.74 Å². The predicted octanol–water partition coefficient (Wildman–Crippen LogP) is 3.88. The van der Waals surface area contributed by atoms with Gasteiger partial charge < -0.3 is 20.7 Å². The van der Waals surface area contributed by atoms with Gasteiger partial charge in [-0.3, -0.25) is 9.59 Å². The van der Waals surface area contributed by atoms with Crippen molar-refractivity contribution >= 4 is 35.0 Å². The molecule has 2 heterocycles. The molecule has 3 aromatic rings. The van der Waals surface area contributed by atoms with Gasteiger partial charge in [-0.25, -0.2) is 4.98 Å². The van der Waals surface area contributed by atoms with Gasteiger partial charge in [-0.2, -0.15) is 0 Å². The average molecular weight is 435 g/mol. The normalized spacial score (nSPS) is 14.3. The number of fused-ring (bicyclic) bond motifs is 1. The standard InChI is InChI=1S/C23H22N4O3S/c1-14(28)25-23-27-18-9-8-16(12-20(18)31-23)17-11-19(22(30-2)24-13-17)26-21(29)10-15-6-4-3-5-7-15/h3-9,11-13,23,27H,10H2,1-2H3,(H,25,28)(H,26,29). The number of ether oxygens (including phenoxy) is 1. The quantitative estimate of drug-likeness (QED) is 0.545. The Balaban J connectivity index is 1.54. The van der Waals surface area contributed by atoms with E-state index in [-0.39, 0.29) is 23.7 Å². The van der Waals surface area contributed by atoms with Crippen LogP contribution in [0.4, 0.5) is 11.4 Å².